The Morgan fingerprint density at radius 3 is 1.35 bits per heavy atom. The highest BCUT2D eigenvalue weighted by Gasteiger charge is 2.38. The second-order valence-corrected chi connectivity index (χ2v) is 10.8. The summed E-state index contributed by atoms with van der Waals surface area (Å²) in [6, 6.07) is 14.7. The number of hydrogen-bond donors (Lipinski definition) is 1. The number of benzene rings is 5. The van der Waals surface area contributed by atoms with Crippen LogP contribution in [0.1, 0.15) is 81.0 Å². The molecule has 5 aromatic rings. The Kier molecular flexibility index (Phi) is 5.44. The fourth-order valence-corrected chi connectivity index (χ4v) is 6.91. The Hall–Kier alpha value is -4.36. The minimum Gasteiger partial charge on any atom is -0.396 e. The molecule has 0 unspecified atom stereocenters. The van der Waals surface area contributed by atoms with Gasteiger partial charge in [0.1, 0.15) is 0 Å². The number of carbonyl (C=O) groups excluding carboxylic acids is 4. The molecule has 0 spiro atoms. The topological polar surface area (TPSA) is 95.0 Å². The van der Waals surface area contributed by atoms with Crippen LogP contribution >= 0.6 is 0 Å². The van der Waals surface area contributed by atoms with Gasteiger partial charge in [-0.05, 0) is 82.3 Å². The summed E-state index contributed by atoms with van der Waals surface area (Å²) < 4.78 is 0. The maximum atomic E-state index is 13.7. The smallest absolute Gasteiger partial charge is 0.261 e. The lowest BCUT2D eigenvalue weighted by molar-refractivity contribution is 0.0527. The van der Waals surface area contributed by atoms with Gasteiger partial charge in [-0.25, -0.2) is 0 Å². The predicted octanol–water partition coefficient (Wildman–Crippen LogP) is 5.89. The SMILES string of the molecule is CCC(CC)N1C(=O)c2ccc3c4ccc5c6c(ccc(c7ccc(c2c37)C1=O)c64)C(=O)N(CCCCO)C5=O. The summed E-state index contributed by atoms with van der Waals surface area (Å²) in [5.74, 6) is -1.17. The largest absolute Gasteiger partial charge is 0.396 e. The van der Waals surface area contributed by atoms with Gasteiger partial charge < -0.3 is 5.11 Å². The fourth-order valence-electron chi connectivity index (χ4n) is 6.91. The van der Waals surface area contributed by atoms with Crippen molar-refractivity contribution in [2.24, 2.45) is 0 Å². The molecule has 0 radical (unpaired) electrons. The van der Waals surface area contributed by atoms with Crippen LogP contribution < -0.4 is 0 Å². The van der Waals surface area contributed by atoms with Crippen molar-refractivity contribution < 1.29 is 24.3 Å². The van der Waals surface area contributed by atoms with E-state index in [-0.39, 0.29) is 42.8 Å². The van der Waals surface area contributed by atoms with Gasteiger partial charge >= 0.3 is 0 Å². The number of aliphatic hydroxyl groups is 1. The molecule has 1 N–H and O–H groups in total. The first-order valence-electron chi connectivity index (χ1n) is 14.0. The fraction of sp³-hybridized carbons (Fsp3) is 0.273. The molecule has 0 aromatic heterocycles. The van der Waals surface area contributed by atoms with Crippen LogP contribution in [-0.4, -0.2) is 57.7 Å². The third kappa shape index (κ3) is 3.04. The summed E-state index contributed by atoms with van der Waals surface area (Å²) in [5.41, 5.74) is 2.03. The van der Waals surface area contributed by atoms with Crippen LogP contribution in [0.5, 0.6) is 0 Å². The molecule has 0 saturated heterocycles. The van der Waals surface area contributed by atoms with Gasteiger partial charge in [-0.2, -0.15) is 0 Å². The van der Waals surface area contributed by atoms with Crippen LogP contribution in [0.4, 0.5) is 0 Å². The molecule has 0 saturated carbocycles. The van der Waals surface area contributed by atoms with Crippen molar-refractivity contribution in [3.63, 3.8) is 0 Å². The highest BCUT2D eigenvalue weighted by atomic mass is 16.3. The molecule has 0 bridgehead atoms. The van der Waals surface area contributed by atoms with Gasteiger partial charge in [-0.15, -0.1) is 0 Å². The molecule has 0 atom stereocenters. The van der Waals surface area contributed by atoms with Crippen LogP contribution in [0.25, 0.3) is 43.1 Å². The second kappa shape index (κ2) is 8.83. The van der Waals surface area contributed by atoms with E-state index in [4.69, 9.17) is 5.11 Å². The van der Waals surface area contributed by atoms with E-state index in [0.29, 0.717) is 58.7 Å². The molecular weight excluding hydrogens is 504 g/mol. The lowest BCUT2D eigenvalue weighted by atomic mass is 9.82. The normalized spacial score (nSPS) is 15.3. The Morgan fingerprint density at radius 1 is 0.575 bits per heavy atom. The van der Waals surface area contributed by atoms with Gasteiger partial charge in [-0.1, -0.05) is 38.1 Å². The number of amides is 4. The number of nitrogens with zero attached hydrogens (tertiary/aromatic N) is 2. The zero-order chi connectivity index (χ0) is 27.9. The van der Waals surface area contributed by atoms with Gasteiger partial charge in [0.2, 0.25) is 0 Å². The van der Waals surface area contributed by atoms with Crippen LogP contribution in [-0.2, 0) is 0 Å². The van der Waals surface area contributed by atoms with Gasteiger partial charge in [0, 0.05) is 52.2 Å². The van der Waals surface area contributed by atoms with Crippen LogP contribution in [0.15, 0.2) is 48.5 Å². The monoisotopic (exact) mass is 532 g/mol. The van der Waals surface area contributed by atoms with Gasteiger partial charge in [0.05, 0.1) is 0 Å². The summed E-state index contributed by atoms with van der Waals surface area (Å²) in [7, 11) is 0. The lowest BCUT2D eigenvalue weighted by Crippen LogP contribution is -2.46. The van der Waals surface area contributed by atoms with Crippen molar-refractivity contribution in [2.45, 2.75) is 45.6 Å². The van der Waals surface area contributed by atoms with E-state index in [1.165, 1.54) is 9.80 Å². The molecule has 200 valence electrons. The average molecular weight is 533 g/mol. The van der Waals surface area contributed by atoms with E-state index in [2.05, 4.69) is 0 Å². The van der Waals surface area contributed by atoms with E-state index in [0.717, 1.165) is 32.3 Å². The number of carbonyl (C=O) groups is 4. The van der Waals surface area contributed by atoms with Crippen LogP contribution in [0.3, 0.4) is 0 Å². The number of imide groups is 2. The molecule has 40 heavy (non-hydrogen) atoms. The molecule has 7 heteroatoms. The average Bonchev–Trinajstić information content (AvgIpc) is 2.97. The molecule has 0 aliphatic carbocycles. The van der Waals surface area contributed by atoms with Crippen molar-refractivity contribution in [2.75, 3.05) is 13.2 Å². The summed E-state index contributed by atoms with van der Waals surface area (Å²) >= 11 is 0. The summed E-state index contributed by atoms with van der Waals surface area (Å²) in [6.07, 6.45) is 2.44. The first-order chi connectivity index (χ1) is 19.4. The van der Waals surface area contributed by atoms with Gasteiger partial charge in [0.25, 0.3) is 23.6 Å². The van der Waals surface area contributed by atoms with E-state index in [1.54, 1.807) is 12.1 Å². The summed E-state index contributed by atoms with van der Waals surface area (Å²) in [5, 5.41) is 15.7. The molecule has 7 rings (SSSR count). The van der Waals surface area contributed by atoms with Crippen molar-refractivity contribution in [1.82, 2.24) is 9.80 Å². The molecular formula is C33H28N2O5. The maximum Gasteiger partial charge on any atom is 0.261 e. The number of fused-ring (bicyclic) bond motifs is 2. The van der Waals surface area contributed by atoms with Crippen molar-refractivity contribution >= 4 is 66.7 Å². The van der Waals surface area contributed by atoms with E-state index >= 15 is 0 Å². The third-order valence-corrected chi connectivity index (χ3v) is 8.85. The van der Waals surface area contributed by atoms with Crippen LogP contribution in [0, 0.1) is 0 Å². The highest BCUT2D eigenvalue weighted by molar-refractivity contribution is 6.41. The third-order valence-electron chi connectivity index (χ3n) is 8.85. The number of hydrogen-bond acceptors (Lipinski definition) is 5. The van der Waals surface area contributed by atoms with Crippen molar-refractivity contribution in [3.05, 3.63) is 70.8 Å². The second-order valence-electron chi connectivity index (χ2n) is 10.8. The van der Waals surface area contributed by atoms with Crippen LogP contribution in [0.2, 0.25) is 0 Å². The van der Waals surface area contributed by atoms with E-state index in [1.807, 2.05) is 50.2 Å². The predicted molar refractivity (Wildman–Crippen MR) is 154 cm³/mol. The van der Waals surface area contributed by atoms with Crippen molar-refractivity contribution in [1.29, 1.82) is 0 Å². The number of rotatable bonds is 7. The Bertz CT molecular complexity index is 1820. The number of unbranched alkanes of at least 4 members (excludes halogenated alkanes) is 1. The van der Waals surface area contributed by atoms with Crippen molar-refractivity contribution in [3.8, 4) is 0 Å². The minimum absolute atomic E-state index is 0.0104. The standard InChI is InChI=1S/C33H28N2O5/c1-3-17(4-2)35-32(39)24-13-9-20-18-7-11-22-28-23(31(38)34(30(22)37)15-5-6-16-36)12-8-19(26(18)28)21-10-14-25(33(35)40)29(24)27(20)21/h7-14,17,36H,3-6,15-16H2,1-2H3. The lowest BCUT2D eigenvalue weighted by Gasteiger charge is -2.33. The summed E-state index contributed by atoms with van der Waals surface area (Å²) in [6.45, 7) is 4.25. The molecule has 2 aliphatic heterocycles. The minimum atomic E-state index is -0.326. The van der Waals surface area contributed by atoms with E-state index in [9.17, 15) is 19.2 Å². The molecule has 2 heterocycles. The summed E-state index contributed by atoms with van der Waals surface area (Å²) in [4.78, 5) is 57.0. The zero-order valence-corrected chi connectivity index (χ0v) is 22.4. The Morgan fingerprint density at radius 2 is 0.975 bits per heavy atom. The van der Waals surface area contributed by atoms with Gasteiger partial charge in [0.15, 0.2) is 0 Å². The molecule has 0 fully saturated rings. The highest BCUT2D eigenvalue weighted by Crippen LogP contribution is 2.46. The maximum absolute atomic E-state index is 13.7. The first kappa shape index (κ1) is 24.7. The molecule has 2 aliphatic rings. The van der Waals surface area contributed by atoms with E-state index < -0.39 is 0 Å². The molecule has 5 aromatic carbocycles. The zero-order valence-electron chi connectivity index (χ0n) is 22.4. The van der Waals surface area contributed by atoms with Gasteiger partial charge in [-0.3, -0.25) is 29.0 Å². The first-order valence-corrected chi connectivity index (χ1v) is 14.0. The Labute approximate surface area is 230 Å². The quantitative estimate of drug-likeness (QED) is 0.122. The molecule has 7 nitrogen and oxygen atoms in total. The number of aliphatic hydroxyl groups excluding tert-OH is 1. The molecule has 4 amide bonds. The Balaban J connectivity index is 1.51.